The highest BCUT2D eigenvalue weighted by molar-refractivity contribution is 5.79. The molecule has 5 nitrogen and oxygen atoms in total. The van der Waals surface area contributed by atoms with Gasteiger partial charge in [-0.25, -0.2) is 4.98 Å². The number of hydrogen-bond donors (Lipinski definition) is 1. The van der Waals surface area contributed by atoms with E-state index in [1.165, 1.54) is 18.6 Å². The standard InChI is InChI=1S/C8H4N4O/c1-9-7-2-5-6(3-10-7)11-4-12-8(5)13/h2-4H,(H,11,12,13). The molecule has 2 heterocycles. The minimum atomic E-state index is -0.252. The molecule has 0 aliphatic rings. The molecule has 2 aromatic heterocycles. The summed E-state index contributed by atoms with van der Waals surface area (Å²) in [5, 5.41) is 0.392. The number of H-pyrrole nitrogens is 1. The Balaban J connectivity index is 2.92. The van der Waals surface area contributed by atoms with Gasteiger partial charge in [-0.3, -0.25) is 4.79 Å². The average molecular weight is 172 g/mol. The van der Waals surface area contributed by atoms with E-state index in [-0.39, 0.29) is 11.4 Å². The molecule has 0 atom stereocenters. The normalized spacial score (nSPS) is 9.77. The summed E-state index contributed by atoms with van der Waals surface area (Å²) in [4.78, 5) is 24.5. The van der Waals surface area contributed by atoms with E-state index in [0.29, 0.717) is 10.9 Å². The third-order valence-electron chi connectivity index (χ3n) is 1.63. The summed E-state index contributed by atoms with van der Waals surface area (Å²) in [6.07, 6.45) is 2.72. The molecule has 2 rings (SSSR count). The van der Waals surface area contributed by atoms with Crippen LogP contribution in [0, 0.1) is 6.57 Å². The van der Waals surface area contributed by atoms with Crippen LogP contribution in [0.5, 0.6) is 0 Å². The van der Waals surface area contributed by atoms with Gasteiger partial charge in [0.2, 0.25) is 0 Å². The molecule has 5 heteroatoms. The second-order valence-corrected chi connectivity index (χ2v) is 2.40. The third-order valence-corrected chi connectivity index (χ3v) is 1.63. The molecule has 0 amide bonds. The highest BCUT2D eigenvalue weighted by atomic mass is 16.1. The summed E-state index contributed by atoms with van der Waals surface area (Å²) in [7, 11) is 0. The van der Waals surface area contributed by atoms with Crippen molar-refractivity contribution in [3.05, 3.63) is 40.4 Å². The molecule has 0 bridgehead atoms. The molecule has 0 fully saturated rings. The lowest BCUT2D eigenvalue weighted by atomic mass is 10.3. The maximum Gasteiger partial charge on any atom is 0.270 e. The number of nitrogens with one attached hydrogen (secondary N) is 1. The maximum atomic E-state index is 11.2. The lowest BCUT2D eigenvalue weighted by Gasteiger charge is -1.92. The van der Waals surface area contributed by atoms with Crippen molar-refractivity contribution in [2.75, 3.05) is 0 Å². The van der Waals surface area contributed by atoms with E-state index in [9.17, 15) is 4.79 Å². The van der Waals surface area contributed by atoms with Crippen molar-refractivity contribution in [3.8, 4) is 0 Å². The number of pyridine rings is 1. The summed E-state index contributed by atoms with van der Waals surface area (Å²) in [5.41, 5.74) is 0.244. The second-order valence-electron chi connectivity index (χ2n) is 2.40. The van der Waals surface area contributed by atoms with Crippen molar-refractivity contribution in [3.63, 3.8) is 0 Å². The summed E-state index contributed by atoms with van der Waals surface area (Å²) < 4.78 is 0. The number of aromatic nitrogens is 3. The molecule has 0 unspecified atom stereocenters. The molecule has 0 aliphatic heterocycles. The van der Waals surface area contributed by atoms with E-state index < -0.39 is 0 Å². The number of aromatic amines is 1. The quantitative estimate of drug-likeness (QED) is 0.599. The molecular weight excluding hydrogens is 168 g/mol. The topological polar surface area (TPSA) is 63.0 Å². The summed E-state index contributed by atoms with van der Waals surface area (Å²) in [6.45, 7) is 6.72. The van der Waals surface area contributed by atoms with E-state index in [1.807, 2.05) is 0 Å². The van der Waals surface area contributed by atoms with Gasteiger partial charge in [-0.1, -0.05) is 6.57 Å². The monoisotopic (exact) mass is 172 g/mol. The Morgan fingerprint density at radius 2 is 2.31 bits per heavy atom. The molecule has 0 aliphatic carbocycles. The van der Waals surface area contributed by atoms with Gasteiger partial charge >= 0.3 is 0 Å². The SMILES string of the molecule is [C-]#[N+]c1cc2c(=O)[nH]cnc2cn1. The van der Waals surface area contributed by atoms with Crippen molar-refractivity contribution in [1.29, 1.82) is 0 Å². The predicted molar refractivity (Wildman–Crippen MR) is 46.4 cm³/mol. The minimum absolute atomic E-state index is 0.200. The number of rotatable bonds is 0. The lowest BCUT2D eigenvalue weighted by Crippen LogP contribution is -2.05. The Labute approximate surface area is 72.9 Å². The first kappa shape index (κ1) is 7.43. The predicted octanol–water partition coefficient (Wildman–Crippen LogP) is 0.869. The zero-order valence-electron chi connectivity index (χ0n) is 6.48. The molecule has 0 saturated carbocycles. The Morgan fingerprint density at radius 1 is 1.46 bits per heavy atom. The summed E-state index contributed by atoms with van der Waals surface area (Å²) in [6, 6.07) is 1.42. The fourth-order valence-electron chi connectivity index (χ4n) is 1.02. The van der Waals surface area contributed by atoms with Gasteiger partial charge in [0.1, 0.15) is 11.7 Å². The highest BCUT2D eigenvalue weighted by Crippen LogP contribution is 2.11. The van der Waals surface area contributed by atoms with E-state index >= 15 is 0 Å². The molecule has 62 valence electrons. The van der Waals surface area contributed by atoms with Crippen molar-refractivity contribution in [1.82, 2.24) is 15.0 Å². The minimum Gasteiger partial charge on any atom is -0.361 e. The Kier molecular flexibility index (Phi) is 1.53. The molecule has 0 aromatic carbocycles. The van der Waals surface area contributed by atoms with Crippen molar-refractivity contribution in [2.45, 2.75) is 0 Å². The molecule has 1 N–H and O–H groups in total. The Bertz CT molecular complexity index is 552. The van der Waals surface area contributed by atoms with Gasteiger partial charge in [-0.2, -0.15) is 0 Å². The van der Waals surface area contributed by atoms with Crippen LogP contribution in [-0.4, -0.2) is 15.0 Å². The van der Waals surface area contributed by atoms with E-state index in [0.717, 1.165) is 0 Å². The first-order chi connectivity index (χ1) is 6.31. The molecule has 0 radical (unpaired) electrons. The fraction of sp³-hybridized carbons (Fsp3) is 0. The van der Waals surface area contributed by atoms with Crippen LogP contribution in [0.15, 0.2) is 23.4 Å². The highest BCUT2D eigenvalue weighted by Gasteiger charge is 2.02. The van der Waals surface area contributed by atoms with Crippen LogP contribution < -0.4 is 5.56 Å². The largest absolute Gasteiger partial charge is 0.361 e. The van der Waals surface area contributed by atoms with Gasteiger partial charge in [0.05, 0.1) is 11.7 Å². The molecular formula is C8H4N4O. The first-order valence-corrected chi connectivity index (χ1v) is 3.52. The van der Waals surface area contributed by atoms with Crippen LogP contribution in [0.4, 0.5) is 5.82 Å². The first-order valence-electron chi connectivity index (χ1n) is 3.52. The van der Waals surface area contributed by atoms with Crippen molar-refractivity contribution >= 4 is 16.7 Å². The molecule has 13 heavy (non-hydrogen) atoms. The summed E-state index contributed by atoms with van der Waals surface area (Å²) >= 11 is 0. The zero-order chi connectivity index (χ0) is 9.26. The molecule has 2 aromatic rings. The van der Waals surface area contributed by atoms with E-state index in [1.54, 1.807) is 0 Å². The van der Waals surface area contributed by atoms with Crippen molar-refractivity contribution in [2.24, 2.45) is 0 Å². The van der Waals surface area contributed by atoms with Gasteiger partial charge < -0.3 is 9.83 Å². The third kappa shape index (κ3) is 1.14. The fourth-order valence-corrected chi connectivity index (χ4v) is 1.02. The van der Waals surface area contributed by atoms with Gasteiger partial charge in [0, 0.05) is 0 Å². The zero-order valence-corrected chi connectivity index (χ0v) is 6.48. The van der Waals surface area contributed by atoms with E-state index in [2.05, 4.69) is 19.8 Å². The van der Waals surface area contributed by atoms with Crippen LogP contribution in [0.25, 0.3) is 15.7 Å². The lowest BCUT2D eigenvalue weighted by molar-refractivity contribution is 1.16. The van der Waals surface area contributed by atoms with Gasteiger partial charge in [0.15, 0.2) is 0 Å². The molecule has 0 spiro atoms. The van der Waals surface area contributed by atoms with Gasteiger partial charge in [0.25, 0.3) is 11.4 Å². The second kappa shape index (κ2) is 2.68. The van der Waals surface area contributed by atoms with Crippen LogP contribution in [0.3, 0.4) is 0 Å². The number of nitrogens with zero attached hydrogens (tertiary/aromatic N) is 3. The van der Waals surface area contributed by atoms with Crippen molar-refractivity contribution < 1.29 is 0 Å². The number of hydrogen-bond acceptors (Lipinski definition) is 3. The summed E-state index contributed by atoms with van der Waals surface area (Å²) in [5.74, 6) is 0.200. The number of fused-ring (bicyclic) bond motifs is 1. The smallest absolute Gasteiger partial charge is 0.270 e. The van der Waals surface area contributed by atoms with Gasteiger partial charge in [-0.05, 0) is 6.07 Å². The maximum absolute atomic E-state index is 11.2. The Hall–Kier alpha value is -2.22. The van der Waals surface area contributed by atoms with Crippen LogP contribution in [0.2, 0.25) is 0 Å². The Morgan fingerprint density at radius 3 is 3.08 bits per heavy atom. The van der Waals surface area contributed by atoms with Crippen LogP contribution >= 0.6 is 0 Å². The van der Waals surface area contributed by atoms with Crippen LogP contribution in [-0.2, 0) is 0 Å². The van der Waals surface area contributed by atoms with Gasteiger partial charge in [-0.15, -0.1) is 4.98 Å². The van der Waals surface area contributed by atoms with Crippen LogP contribution in [0.1, 0.15) is 0 Å². The average Bonchev–Trinajstić information content (AvgIpc) is 2.18. The molecule has 0 saturated heterocycles. The van der Waals surface area contributed by atoms with E-state index in [4.69, 9.17) is 6.57 Å².